The van der Waals surface area contributed by atoms with Crippen molar-refractivity contribution in [1.82, 2.24) is 4.98 Å². The van der Waals surface area contributed by atoms with E-state index < -0.39 is 0 Å². The zero-order chi connectivity index (χ0) is 15.1. The van der Waals surface area contributed by atoms with E-state index in [0.717, 1.165) is 29.2 Å². The number of thioether (sulfide) groups is 1. The normalized spacial score (nSPS) is 10.2. The van der Waals surface area contributed by atoms with Crippen molar-refractivity contribution in [3.05, 3.63) is 48.3 Å². The molecule has 0 spiro atoms. The molecular weight excluding hydrogens is 282 g/mol. The molecule has 2 aromatic rings. The van der Waals surface area contributed by atoms with Gasteiger partial charge in [-0.15, -0.1) is 11.8 Å². The van der Waals surface area contributed by atoms with Crippen molar-refractivity contribution in [1.29, 1.82) is 0 Å². The molecule has 1 amide bonds. The van der Waals surface area contributed by atoms with Crippen LogP contribution in [0.4, 0.5) is 11.4 Å². The van der Waals surface area contributed by atoms with E-state index in [1.54, 1.807) is 24.0 Å². The second-order valence-corrected chi connectivity index (χ2v) is 5.36. The second kappa shape index (κ2) is 7.69. The van der Waals surface area contributed by atoms with Crippen LogP contribution in [0.2, 0.25) is 0 Å². The van der Waals surface area contributed by atoms with Crippen LogP contribution in [0.15, 0.2) is 47.5 Å². The summed E-state index contributed by atoms with van der Waals surface area (Å²) in [6.45, 7) is 2.97. The summed E-state index contributed by atoms with van der Waals surface area (Å²) >= 11 is 1.60. The summed E-state index contributed by atoms with van der Waals surface area (Å²) in [5.74, 6) is -0.198. The Kier molecular flexibility index (Phi) is 5.63. The van der Waals surface area contributed by atoms with Gasteiger partial charge in [-0.25, -0.2) is 0 Å². The maximum atomic E-state index is 12.3. The number of hydrogen-bond donors (Lipinski definition) is 2. The summed E-state index contributed by atoms with van der Waals surface area (Å²) in [6, 6.07) is 11.4. The van der Waals surface area contributed by atoms with Crippen LogP contribution in [-0.4, -0.2) is 23.7 Å². The first-order valence-corrected chi connectivity index (χ1v) is 8.11. The van der Waals surface area contributed by atoms with Gasteiger partial charge in [-0.2, -0.15) is 0 Å². The van der Waals surface area contributed by atoms with Crippen LogP contribution in [0.3, 0.4) is 0 Å². The summed E-state index contributed by atoms with van der Waals surface area (Å²) in [5.41, 5.74) is 2.13. The monoisotopic (exact) mass is 301 g/mol. The highest BCUT2D eigenvalue weighted by Crippen LogP contribution is 2.25. The maximum Gasteiger partial charge on any atom is 0.274 e. The number of amides is 1. The molecule has 0 aliphatic heterocycles. The van der Waals surface area contributed by atoms with Crippen molar-refractivity contribution in [3.8, 4) is 0 Å². The molecule has 0 fully saturated rings. The van der Waals surface area contributed by atoms with E-state index in [-0.39, 0.29) is 5.91 Å². The number of carbonyl (C=O) groups excluding carboxylic acids is 1. The fraction of sp³-hybridized carbons (Fsp3) is 0.250. The Labute approximate surface area is 129 Å². The van der Waals surface area contributed by atoms with Gasteiger partial charge in [0.2, 0.25) is 0 Å². The zero-order valence-electron chi connectivity index (χ0n) is 12.2. The number of rotatable bonds is 6. The Hall–Kier alpha value is -2.01. The first-order chi connectivity index (χ1) is 10.2. The van der Waals surface area contributed by atoms with Crippen LogP contribution in [0, 0.1) is 0 Å². The molecule has 0 saturated heterocycles. The minimum atomic E-state index is -0.198. The van der Waals surface area contributed by atoms with Gasteiger partial charge in [0, 0.05) is 23.3 Å². The largest absolute Gasteiger partial charge is 0.385 e. The summed E-state index contributed by atoms with van der Waals surface area (Å²) in [7, 11) is 0. The number of pyridine rings is 1. The van der Waals surface area contributed by atoms with Gasteiger partial charge in [-0.1, -0.05) is 19.1 Å². The van der Waals surface area contributed by atoms with Crippen molar-refractivity contribution < 1.29 is 4.79 Å². The second-order valence-electron chi connectivity index (χ2n) is 4.51. The summed E-state index contributed by atoms with van der Waals surface area (Å²) in [4.78, 5) is 17.5. The molecule has 0 bridgehead atoms. The van der Waals surface area contributed by atoms with Crippen LogP contribution >= 0.6 is 11.8 Å². The summed E-state index contributed by atoms with van der Waals surface area (Å²) < 4.78 is 0. The molecule has 0 aliphatic rings. The van der Waals surface area contributed by atoms with Gasteiger partial charge in [0.1, 0.15) is 5.69 Å². The maximum absolute atomic E-state index is 12.3. The molecule has 21 heavy (non-hydrogen) atoms. The number of carbonyl (C=O) groups is 1. The van der Waals surface area contributed by atoms with Gasteiger partial charge in [0.25, 0.3) is 5.91 Å². The number of benzene rings is 1. The zero-order valence-corrected chi connectivity index (χ0v) is 13.0. The van der Waals surface area contributed by atoms with Gasteiger partial charge in [-0.05, 0) is 36.9 Å². The van der Waals surface area contributed by atoms with Gasteiger partial charge in [0.15, 0.2) is 0 Å². The van der Waals surface area contributed by atoms with Gasteiger partial charge in [0.05, 0.1) is 5.69 Å². The fourth-order valence-electron chi connectivity index (χ4n) is 1.87. The third kappa shape index (κ3) is 4.23. The highest BCUT2D eigenvalue weighted by molar-refractivity contribution is 7.98. The van der Waals surface area contributed by atoms with Gasteiger partial charge < -0.3 is 10.6 Å². The molecule has 1 aromatic heterocycles. The molecule has 1 aromatic carbocycles. The van der Waals surface area contributed by atoms with Crippen LogP contribution in [0.5, 0.6) is 0 Å². The summed E-state index contributed by atoms with van der Waals surface area (Å²) in [6.07, 6.45) is 4.66. The highest BCUT2D eigenvalue weighted by Gasteiger charge is 2.10. The molecular formula is C16H19N3OS. The third-order valence-corrected chi connectivity index (χ3v) is 3.72. The first-order valence-electron chi connectivity index (χ1n) is 6.89. The van der Waals surface area contributed by atoms with E-state index in [1.807, 2.05) is 36.6 Å². The minimum Gasteiger partial charge on any atom is -0.385 e. The van der Waals surface area contributed by atoms with Gasteiger partial charge in [-0.3, -0.25) is 9.78 Å². The lowest BCUT2D eigenvalue weighted by atomic mass is 10.2. The SMILES string of the molecule is CCCNc1ccnc(C(=O)Nc2ccccc2SC)c1. The fourth-order valence-corrected chi connectivity index (χ4v) is 2.42. The van der Waals surface area contributed by atoms with E-state index >= 15 is 0 Å². The predicted octanol–water partition coefficient (Wildman–Crippen LogP) is 3.88. The molecule has 0 saturated carbocycles. The molecule has 0 unspecified atom stereocenters. The number of hydrogen-bond acceptors (Lipinski definition) is 4. The molecule has 0 atom stereocenters. The van der Waals surface area contributed by atoms with Gasteiger partial charge >= 0.3 is 0 Å². The lowest BCUT2D eigenvalue weighted by Gasteiger charge is -2.10. The standard InChI is InChI=1S/C16H19N3OS/c1-3-9-17-12-8-10-18-14(11-12)16(20)19-13-6-4-5-7-15(13)21-2/h4-8,10-11H,3,9H2,1-2H3,(H,17,18)(H,19,20). The van der Waals surface area contributed by atoms with E-state index in [2.05, 4.69) is 22.5 Å². The third-order valence-electron chi connectivity index (χ3n) is 2.93. The van der Waals surface area contributed by atoms with Crippen LogP contribution in [-0.2, 0) is 0 Å². The Balaban J connectivity index is 2.13. The van der Waals surface area contributed by atoms with Crippen LogP contribution in [0.25, 0.3) is 0 Å². The molecule has 2 rings (SSSR count). The molecule has 1 heterocycles. The molecule has 5 heteroatoms. The van der Waals surface area contributed by atoms with E-state index in [4.69, 9.17) is 0 Å². The van der Waals surface area contributed by atoms with Crippen molar-refractivity contribution >= 4 is 29.0 Å². The Bertz CT molecular complexity index is 616. The van der Waals surface area contributed by atoms with E-state index in [1.165, 1.54) is 0 Å². The molecule has 4 nitrogen and oxygen atoms in total. The lowest BCUT2D eigenvalue weighted by molar-refractivity contribution is 0.102. The molecule has 0 radical (unpaired) electrons. The smallest absolute Gasteiger partial charge is 0.274 e. The topological polar surface area (TPSA) is 54.0 Å². The molecule has 110 valence electrons. The van der Waals surface area contributed by atoms with Crippen LogP contribution < -0.4 is 10.6 Å². The Morgan fingerprint density at radius 3 is 2.86 bits per heavy atom. The number of aromatic nitrogens is 1. The van der Waals surface area contributed by atoms with Crippen molar-refractivity contribution in [2.45, 2.75) is 18.2 Å². The lowest BCUT2D eigenvalue weighted by Crippen LogP contribution is -2.14. The summed E-state index contributed by atoms with van der Waals surface area (Å²) in [5, 5.41) is 6.16. The molecule has 0 aliphatic carbocycles. The Morgan fingerprint density at radius 1 is 1.29 bits per heavy atom. The van der Waals surface area contributed by atoms with Crippen molar-refractivity contribution in [2.75, 3.05) is 23.4 Å². The number of anilines is 2. The average molecular weight is 301 g/mol. The molecule has 2 N–H and O–H groups in total. The number of nitrogens with one attached hydrogen (secondary N) is 2. The van der Waals surface area contributed by atoms with Crippen molar-refractivity contribution in [3.63, 3.8) is 0 Å². The van der Waals surface area contributed by atoms with E-state index in [9.17, 15) is 4.79 Å². The highest BCUT2D eigenvalue weighted by atomic mass is 32.2. The van der Waals surface area contributed by atoms with Crippen LogP contribution in [0.1, 0.15) is 23.8 Å². The minimum absolute atomic E-state index is 0.198. The van der Waals surface area contributed by atoms with Crippen molar-refractivity contribution in [2.24, 2.45) is 0 Å². The Morgan fingerprint density at radius 2 is 2.10 bits per heavy atom. The average Bonchev–Trinajstić information content (AvgIpc) is 2.53. The number of nitrogens with zero attached hydrogens (tertiary/aromatic N) is 1. The predicted molar refractivity (Wildman–Crippen MR) is 89.2 cm³/mol. The van der Waals surface area contributed by atoms with E-state index in [0.29, 0.717) is 5.69 Å². The first kappa shape index (κ1) is 15.4. The quantitative estimate of drug-likeness (QED) is 0.795. The number of para-hydroxylation sites is 1.